The SMILES string of the molecule is Cc1cc(C)cc(Oc2c(/C=N\OCc3ccc(NC(=O)NC(=O)c4c(F)cccc4F)cc3)c(C)nn2C)c1. The molecule has 0 aliphatic heterocycles. The Morgan fingerprint density at radius 3 is 2.30 bits per heavy atom. The van der Waals surface area contributed by atoms with Crippen molar-refractivity contribution in [1.82, 2.24) is 15.1 Å². The van der Waals surface area contributed by atoms with Crippen LogP contribution < -0.4 is 15.4 Å². The normalized spacial score (nSPS) is 10.9. The van der Waals surface area contributed by atoms with Gasteiger partial charge in [-0.2, -0.15) is 5.10 Å². The molecule has 206 valence electrons. The number of hydrogen-bond acceptors (Lipinski definition) is 6. The zero-order valence-electron chi connectivity index (χ0n) is 22.3. The quantitative estimate of drug-likeness (QED) is 0.210. The molecule has 2 N–H and O–H groups in total. The Labute approximate surface area is 229 Å². The number of anilines is 1. The van der Waals surface area contributed by atoms with E-state index < -0.39 is 29.1 Å². The molecule has 0 spiro atoms. The Balaban J connectivity index is 1.32. The number of carbonyl (C=O) groups excluding carboxylic acids is 2. The fourth-order valence-electron chi connectivity index (χ4n) is 3.96. The number of aryl methyl sites for hydroxylation is 4. The van der Waals surface area contributed by atoms with E-state index in [0.29, 0.717) is 22.9 Å². The van der Waals surface area contributed by atoms with Crippen molar-refractivity contribution in [3.8, 4) is 11.6 Å². The summed E-state index contributed by atoms with van der Waals surface area (Å²) in [4.78, 5) is 29.6. The molecule has 9 nitrogen and oxygen atoms in total. The molecule has 0 saturated heterocycles. The van der Waals surface area contributed by atoms with Gasteiger partial charge >= 0.3 is 6.03 Å². The van der Waals surface area contributed by atoms with Gasteiger partial charge in [-0.1, -0.05) is 29.4 Å². The van der Waals surface area contributed by atoms with Crippen molar-refractivity contribution in [2.75, 3.05) is 5.32 Å². The van der Waals surface area contributed by atoms with E-state index in [2.05, 4.69) is 21.6 Å². The summed E-state index contributed by atoms with van der Waals surface area (Å²) in [6.45, 7) is 5.98. The van der Waals surface area contributed by atoms with Crippen molar-refractivity contribution < 1.29 is 27.9 Å². The van der Waals surface area contributed by atoms with Gasteiger partial charge in [-0.05, 0) is 73.9 Å². The van der Waals surface area contributed by atoms with Gasteiger partial charge in [0.1, 0.15) is 29.6 Å². The zero-order chi connectivity index (χ0) is 28.8. The molecule has 0 atom stereocenters. The molecule has 0 aliphatic rings. The number of amides is 3. The van der Waals surface area contributed by atoms with Gasteiger partial charge in [0, 0.05) is 12.7 Å². The number of urea groups is 1. The number of aromatic nitrogens is 2. The smallest absolute Gasteiger partial charge is 0.326 e. The third-order valence-corrected chi connectivity index (χ3v) is 5.74. The first-order chi connectivity index (χ1) is 19.1. The van der Waals surface area contributed by atoms with Crippen molar-refractivity contribution in [3.63, 3.8) is 0 Å². The summed E-state index contributed by atoms with van der Waals surface area (Å²) in [5, 5.41) is 12.8. The molecule has 11 heteroatoms. The van der Waals surface area contributed by atoms with Crippen LogP contribution in [0.2, 0.25) is 0 Å². The maximum atomic E-state index is 13.7. The minimum atomic E-state index is -1.19. The van der Waals surface area contributed by atoms with Gasteiger partial charge in [0.25, 0.3) is 5.91 Å². The second-order valence-corrected chi connectivity index (χ2v) is 9.06. The number of oxime groups is 1. The van der Waals surface area contributed by atoms with Gasteiger partial charge in [0.05, 0.1) is 17.5 Å². The molecule has 0 bridgehead atoms. The van der Waals surface area contributed by atoms with Crippen LogP contribution in [0, 0.1) is 32.4 Å². The van der Waals surface area contributed by atoms with Crippen molar-refractivity contribution in [2.45, 2.75) is 27.4 Å². The summed E-state index contributed by atoms with van der Waals surface area (Å²) in [6, 6.07) is 14.5. The van der Waals surface area contributed by atoms with E-state index in [9.17, 15) is 18.4 Å². The average molecular weight is 548 g/mol. The van der Waals surface area contributed by atoms with Crippen LogP contribution >= 0.6 is 0 Å². The maximum Gasteiger partial charge on any atom is 0.326 e. The summed E-state index contributed by atoms with van der Waals surface area (Å²) in [5.74, 6) is -2.11. The van der Waals surface area contributed by atoms with Gasteiger partial charge in [-0.15, -0.1) is 0 Å². The number of nitrogens with one attached hydrogen (secondary N) is 2. The maximum absolute atomic E-state index is 13.7. The first-order valence-electron chi connectivity index (χ1n) is 12.2. The van der Waals surface area contributed by atoms with Crippen LogP contribution in [-0.4, -0.2) is 27.9 Å². The van der Waals surface area contributed by atoms with Crippen LogP contribution in [0.5, 0.6) is 11.6 Å². The number of rotatable bonds is 8. The van der Waals surface area contributed by atoms with Crippen molar-refractivity contribution in [2.24, 2.45) is 12.2 Å². The van der Waals surface area contributed by atoms with Gasteiger partial charge in [0.15, 0.2) is 0 Å². The lowest BCUT2D eigenvalue weighted by molar-refractivity contribution is 0.0959. The fourth-order valence-corrected chi connectivity index (χ4v) is 3.96. The molecule has 40 heavy (non-hydrogen) atoms. The summed E-state index contributed by atoms with van der Waals surface area (Å²) in [6.07, 6.45) is 1.54. The number of nitrogens with zero attached hydrogens (tertiary/aromatic N) is 3. The molecule has 0 unspecified atom stereocenters. The van der Waals surface area contributed by atoms with Crippen molar-refractivity contribution >= 4 is 23.8 Å². The third kappa shape index (κ3) is 6.87. The molecule has 4 rings (SSSR count). The highest BCUT2D eigenvalue weighted by Gasteiger charge is 2.19. The molecular weight excluding hydrogens is 520 g/mol. The Bertz CT molecular complexity index is 1540. The van der Waals surface area contributed by atoms with E-state index in [1.807, 2.05) is 38.2 Å². The van der Waals surface area contributed by atoms with E-state index in [4.69, 9.17) is 9.57 Å². The van der Waals surface area contributed by atoms with Crippen LogP contribution in [0.25, 0.3) is 0 Å². The number of ether oxygens (including phenoxy) is 1. The van der Waals surface area contributed by atoms with E-state index in [0.717, 1.165) is 40.6 Å². The topological polar surface area (TPSA) is 107 Å². The molecule has 1 aromatic heterocycles. The largest absolute Gasteiger partial charge is 0.439 e. The molecule has 0 aliphatic carbocycles. The second kappa shape index (κ2) is 12.2. The first-order valence-corrected chi connectivity index (χ1v) is 12.2. The van der Waals surface area contributed by atoms with E-state index in [1.54, 1.807) is 36.0 Å². The molecule has 0 fully saturated rings. The summed E-state index contributed by atoms with van der Waals surface area (Å²) in [7, 11) is 1.78. The lowest BCUT2D eigenvalue weighted by Crippen LogP contribution is -2.35. The van der Waals surface area contributed by atoms with Crippen LogP contribution in [0.15, 0.2) is 65.8 Å². The van der Waals surface area contributed by atoms with Crippen molar-refractivity contribution in [3.05, 3.63) is 106 Å². The molecule has 4 aromatic rings. The monoisotopic (exact) mass is 547 g/mol. The number of halogens is 2. The number of carbonyl (C=O) groups is 2. The predicted molar refractivity (Wildman–Crippen MR) is 146 cm³/mol. The van der Waals surface area contributed by atoms with Gasteiger partial charge in [-0.25, -0.2) is 18.3 Å². The molecule has 1 heterocycles. The van der Waals surface area contributed by atoms with E-state index in [-0.39, 0.29) is 6.61 Å². The third-order valence-electron chi connectivity index (χ3n) is 5.74. The number of imide groups is 1. The minimum absolute atomic E-state index is 0.139. The predicted octanol–water partition coefficient (Wildman–Crippen LogP) is 5.93. The van der Waals surface area contributed by atoms with E-state index >= 15 is 0 Å². The molecule has 0 radical (unpaired) electrons. The van der Waals surface area contributed by atoms with Gasteiger partial charge in [-0.3, -0.25) is 10.1 Å². The highest BCUT2D eigenvalue weighted by Crippen LogP contribution is 2.27. The van der Waals surface area contributed by atoms with Crippen molar-refractivity contribution in [1.29, 1.82) is 0 Å². The summed E-state index contributed by atoms with van der Waals surface area (Å²) < 4.78 is 35.2. The number of hydrogen-bond donors (Lipinski definition) is 2. The minimum Gasteiger partial charge on any atom is -0.439 e. The highest BCUT2D eigenvalue weighted by atomic mass is 19.1. The van der Waals surface area contributed by atoms with Crippen LogP contribution in [0.1, 0.15) is 38.3 Å². The Kier molecular flexibility index (Phi) is 8.53. The standard InChI is InChI=1S/C29H27F2N5O4/c1-17-12-18(2)14-22(13-17)40-28-23(19(3)35-36(28)4)15-32-39-16-20-8-10-21(11-9-20)33-29(38)34-27(37)26-24(30)6-5-7-25(26)31/h5-15H,16H2,1-4H3,(H2,33,34,37,38)/b32-15-. The Morgan fingerprint density at radius 1 is 1.00 bits per heavy atom. The fraction of sp³-hybridized carbons (Fsp3) is 0.172. The Hall–Kier alpha value is -5.06. The second-order valence-electron chi connectivity index (χ2n) is 9.06. The summed E-state index contributed by atoms with van der Waals surface area (Å²) in [5.41, 5.74) is 3.83. The lowest BCUT2D eigenvalue weighted by Gasteiger charge is -2.09. The summed E-state index contributed by atoms with van der Waals surface area (Å²) >= 11 is 0. The number of benzene rings is 3. The van der Waals surface area contributed by atoms with Gasteiger partial charge in [0.2, 0.25) is 5.88 Å². The highest BCUT2D eigenvalue weighted by molar-refractivity contribution is 6.08. The first kappa shape index (κ1) is 28.0. The molecule has 0 saturated carbocycles. The lowest BCUT2D eigenvalue weighted by atomic mass is 10.1. The zero-order valence-corrected chi connectivity index (χ0v) is 22.3. The van der Waals surface area contributed by atoms with Crippen LogP contribution in [0.4, 0.5) is 19.3 Å². The van der Waals surface area contributed by atoms with Gasteiger partial charge < -0.3 is 14.9 Å². The molecule has 3 aromatic carbocycles. The molecule has 3 amide bonds. The average Bonchev–Trinajstić information content (AvgIpc) is 3.13. The van der Waals surface area contributed by atoms with Crippen LogP contribution in [0.3, 0.4) is 0 Å². The van der Waals surface area contributed by atoms with Crippen LogP contribution in [-0.2, 0) is 18.5 Å². The molecular formula is C29H27F2N5O4. The van der Waals surface area contributed by atoms with E-state index in [1.165, 1.54) is 6.21 Å². The Morgan fingerprint density at radius 2 is 1.65 bits per heavy atom.